The van der Waals surface area contributed by atoms with Crippen molar-refractivity contribution >= 4 is 27.6 Å². The third-order valence-corrected chi connectivity index (χ3v) is 0. The minimum absolute atomic E-state index is 0. The van der Waals surface area contributed by atoms with Crippen LogP contribution in [0.4, 0.5) is 0 Å². The van der Waals surface area contributed by atoms with Crippen LogP contribution in [0.5, 0.6) is 0 Å². The second-order valence-electron chi connectivity index (χ2n) is 0.445. The van der Waals surface area contributed by atoms with Gasteiger partial charge in [-0.1, -0.05) is 0 Å². The summed E-state index contributed by atoms with van der Waals surface area (Å²) in [6, 6.07) is 0. The Balaban J connectivity index is -0.00000000848. The molecule has 0 aliphatic heterocycles. The van der Waals surface area contributed by atoms with Gasteiger partial charge >= 0.3 is 42.8 Å². The van der Waals surface area contributed by atoms with Crippen molar-refractivity contribution in [2.75, 3.05) is 6.61 Å². The van der Waals surface area contributed by atoms with Crippen molar-refractivity contribution in [3.05, 3.63) is 0 Å². The molecule has 0 amide bonds. The summed E-state index contributed by atoms with van der Waals surface area (Å²) in [5.41, 5.74) is 0. The van der Waals surface area contributed by atoms with Crippen molar-refractivity contribution < 1.29 is 42.2 Å². The van der Waals surface area contributed by atoms with E-state index >= 15 is 0 Å². The Morgan fingerprint density at radius 3 is 1.00 bits per heavy atom. The normalized spacial score (nSPS) is 5.73. The SMILES string of the molecule is CCO.O.O.O.O.[Cl][Au]([Cl])[Cl]. The van der Waals surface area contributed by atoms with Crippen LogP contribution in [-0.4, -0.2) is 33.6 Å². The van der Waals surface area contributed by atoms with Crippen LogP contribution < -0.4 is 0 Å². The van der Waals surface area contributed by atoms with Gasteiger partial charge in [-0.3, -0.25) is 0 Å². The molecule has 0 bridgehead atoms. The van der Waals surface area contributed by atoms with Crippen molar-refractivity contribution in [2.45, 2.75) is 6.92 Å². The molecule has 0 radical (unpaired) electrons. The molecule has 0 aliphatic rings. The van der Waals surface area contributed by atoms with Gasteiger partial charge in [-0.2, -0.15) is 0 Å². The Morgan fingerprint density at radius 1 is 1.00 bits per heavy atom. The van der Waals surface area contributed by atoms with Crippen molar-refractivity contribution in [2.24, 2.45) is 0 Å². The third-order valence-electron chi connectivity index (χ3n) is 0. The molecule has 0 unspecified atom stereocenters. The van der Waals surface area contributed by atoms with Gasteiger partial charge in [-0.15, -0.1) is 0 Å². The Morgan fingerprint density at radius 2 is 1.00 bits per heavy atom. The Labute approximate surface area is 83.1 Å². The number of halogens is 3. The fraction of sp³-hybridized carbons (Fsp3) is 1.00. The molecule has 0 aromatic carbocycles. The van der Waals surface area contributed by atoms with Crippen molar-refractivity contribution in [1.82, 2.24) is 0 Å². The Bertz CT molecular complexity index is 30.9. The first kappa shape index (κ1) is 39.3. The van der Waals surface area contributed by atoms with Crippen molar-refractivity contribution in [3.8, 4) is 0 Å². The Hall–Kier alpha value is 1.41. The second kappa shape index (κ2) is 42.2. The van der Waals surface area contributed by atoms with Gasteiger partial charge < -0.3 is 27.0 Å². The molecule has 0 spiro atoms. The van der Waals surface area contributed by atoms with Gasteiger partial charge in [-0.25, -0.2) is 0 Å². The van der Waals surface area contributed by atoms with E-state index in [1.165, 1.54) is 0 Å². The van der Waals surface area contributed by atoms with Crippen LogP contribution in [0.15, 0.2) is 0 Å². The second-order valence-corrected chi connectivity index (χ2v) is 9.84. The fourth-order valence-corrected chi connectivity index (χ4v) is 0. The number of rotatable bonds is 0. The standard InChI is InChI=1S/C2H6O.Au.3ClH.4H2O/c1-2-3;;;;;;;;/h3H,2H2,1H3;;3*1H;4*1H2/q;+3;;;;;;;/p-3. The van der Waals surface area contributed by atoms with E-state index in [2.05, 4.69) is 0 Å². The molecule has 0 saturated heterocycles. The summed E-state index contributed by atoms with van der Waals surface area (Å²) >= 11 is -1.79. The first-order chi connectivity index (χ1) is 3.15. The average molecular weight is 421 g/mol. The van der Waals surface area contributed by atoms with E-state index in [9.17, 15) is 0 Å². The first-order valence-corrected chi connectivity index (χ1v) is 9.42. The van der Waals surface area contributed by atoms with Crippen LogP contribution in [0.1, 0.15) is 6.92 Å². The van der Waals surface area contributed by atoms with Gasteiger partial charge in [0, 0.05) is 6.61 Å². The number of hydrogen-bond donors (Lipinski definition) is 1. The van der Waals surface area contributed by atoms with Gasteiger partial charge in [-0.05, 0) is 6.92 Å². The van der Waals surface area contributed by atoms with E-state index in [0.717, 1.165) is 0 Å². The summed E-state index contributed by atoms with van der Waals surface area (Å²) in [5.74, 6) is 0. The van der Waals surface area contributed by atoms with Gasteiger partial charge in [0.1, 0.15) is 0 Å². The van der Waals surface area contributed by atoms with E-state index < -0.39 is 15.2 Å². The molecule has 9 N–H and O–H groups in total. The van der Waals surface area contributed by atoms with Crippen molar-refractivity contribution in [1.29, 1.82) is 0 Å². The quantitative estimate of drug-likeness (QED) is 0.479. The van der Waals surface area contributed by atoms with Crippen LogP contribution >= 0.6 is 27.6 Å². The van der Waals surface area contributed by atoms with E-state index in [1.807, 2.05) is 0 Å². The number of hydrogen-bond acceptors (Lipinski definition) is 1. The molecule has 0 aromatic heterocycles. The molecule has 0 aliphatic carbocycles. The summed E-state index contributed by atoms with van der Waals surface area (Å²) in [5, 5.41) is 7.57. The maximum absolute atomic E-state index is 7.57. The van der Waals surface area contributed by atoms with Crippen LogP contribution in [0.25, 0.3) is 0 Å². The van der Waals surface area contributed by atoms with Crippen molar-refractivity contribution in [3.63, 3.8) is 0 Å². The summed E-state index contributed by atoms with van der Waals surface area (Å²) in [6.45, 7) is 1.93. The molecular weight excluding hydrogens is 407 g/mol. The van der Waals surface area contributed by atoms with E-state index in [1.54, 1.807) is 6.92 Å². The van der Waals surface area contributed by atoms with Gasteiger partial charge in [0.25, 0.3) is 0 Å². The molecule has 5 nitrogen and oxygen atoms in total. The monoisotopic (exact) mass is 420 g/mol. The molecule has 0 aromatic rings. The molecule has 9 heteroatoms. The maximum atomic E-state index is 7.57. The zero-order valence-electron chi connectivity index (χ0n) is 5.59. The molecule has 0 fully saturated rings. The third kappa shape index (κ3) is 508. The predicted molar refractivity (Wildman–Crippen MR) is 44.8 cm³/mol. The van der Waals surface area contributed by atoms with Gasteiger partial charge in [0.05, 0.1) is 0 Å². The summed E-state index contributed by atoms with van der Waals surface area (Å²) in [7, 11) is 14.9. The zero-order valence-corrected chi connectivity index (χ0v) is 10.0. The average Bonchev–Trinajstić information content (AvgIpc) is 1.33. The molecule has 0 heterocycles. The number of aliphatic hydroxyl groups is 1. The summed E-state index contributed by atoms with van der Waals surface area (Å²) in [6.07, 6.45) is 0. The molecule has 84 valence electrons. The van der Waals surface area contributed by atoms with Gasteiger partial charge in [0.15, 0.2) is 0 Å². The molecule has 0 saturated carbocycles. The van der Waals surface area contributed by atoms with Crippen LogP contribution in [0, 0.1) is 0 Å². The van der Waals surface area contributed by atoms with Gasteiger partial charge in [0.2, 0.25) is 0 Å². The van der Waals surface area contributed by atoms with Crippen LogP contribution in [0.2, 0.25) is 0 Å². The molecule has 11 heavy (non-hydrogen) atoms. The van der Waals surface area contributed by atoms with E-state index in [0.29, 0.717) is 0 Å². The van der Waals surface area contributed by atoms with Crippen LogP contribution in [0.3, 0.4) is 0 Å². The topological polar surface area (TPSA) is 146 Å². The first-order valence-electron chi connectivity index (χ1n) is 1.37. The molecule has 0 rings (SSSR count). The summed E-state index contributed by atoms with van der Waals surface area (Å²) < 4.78 is 0. The van der Waals surface area contributed by atoms with Crippen LogP contribution in [-0.2, 0) is 15.2 Å². The number of aliphatic hydroxyl groups excluding tert-OH is 1. The zero-order chi connectivity index (χ0) is 6.28. The summed E-state index contributed by atoms with van der Waals surface area (Å²) in [4.78, 5) is 0. The van der Waals surface area contributed by atoms with E-state index in [-0.39, 0.29) is 28.5 Å². The Kier molecular flexibility index (Phi) is 151. The predicted octanol–water partition coefficient (Wildman–Crippen LogP) is -1.23. The minimum atomic E-state index is -1.79. The fourth-order valence-electron chi connectivity index (χ4n) is 0. The van der Waals surface area contributed by atoms with E-state index in [4.69, 9.17) is 32.7 Å². The molecule has 0 atom stereocenters. The molecular formula is C2H14AuCl3O5.